The van der Waals surface area contributed by atoms with Crippen LogP contribution in [0.5, 0.6) is 11.5 Å². The number of nitrogens with zero attached hydrogens (tertiary/aromatic N) is 4. The molecule has 0 atom stereocenters. The lowest BCUT2D eigenvalue weighted by atomic mass is 10.1. The van der Waals surface area contributed by atoms with Gasteiger partial charge < -0.3 is 9.47 Å². The van der Waals surface area contributed by atoms with Crippen molar-refractivity contribution in [3.05, 3.63) is 77.1 Å². The molecule has 0 bridgehead atoms. The Bertz CT molecular complexity index is 1330. The maximum Gasteiger partial charge on any atom is 0.196 e. The van der Waals surface area contributed by atoms with E-state index < -0.39 is 0 Å². The van der Waals surface area contributed by atoms with E-state index in [9.17, 15) is 4.79 Å². The number of benzene rings is 2. The summed E-state index contributed by atoms with van der Waals surface area (Å²) in [6, 6.07) is 14.7. The van der Waals surface area contributed by atoms with Crippen molar-refractivity contribution >= 4 is 29.1 Å². The molecule has 0 amide bonds. The Morgan fingerprint density at radius 2 is 1.85 bits per heavy atom. The number of hydrogen-bond donors (Lipinski definition) is 0. The van der Waals surface area contributed by atoms with Crippen LogP contribution in [0.1, 0.15) is 15.9 Å². The highest BCUT2D eigenvalue weighted by atomic mass is 35.5. The second kappa shape index (κ2) is 9.25. The van der Waals surface area contributed by atoms with E-state index in [4.69, 9.17) is 21.1 Å². The third-order valence-electron chi connectivity index (χ3n) is 5.25. The minimum absolute atomic E-state index is 0.0419. The Kier molecular flexibility index (Phi) is 6.02. The molecule has 7 nitrogen and oxygen atoms in total. The Morgan fingerprint density at radius 3 is 2.67 bits per heavy atom. The van der Waals surface area contributed by atoms with Crippen molar-refractivity contribution in [2.24, 2.45) is 0 Å². The minimum Gasteiger partial charge on any atom is -0.486 e. The third-order valence-corrected chi connectivity index (χ3v) is 6.59. The Hall–Kier alpha value is -3.36. The molecule has 2 aromatic heterocycles. The fourth-order valence-corrected chi connectivity index (χ4v) is 4.55. The molecule has 5 rings (SSSR count). The van der Waals surface area contributed by atoms with Crippen LogP contribution in [0.4, 0.5) is 0 Å². The average molecular weight is 479 g/mol. The normalized spacial score (nSPS) is 12.5. The van der Waals surface area contributed by atoms with Gasteiger partial charge in [0.2, 0.25) is 0 Å². The molecule has 166 valence electrons. The molecule has 1 aliphatic heterocycles. The standard InChI is InChI=1S/C24H19ClN4O3S/c1-15-18(25)3-2-4-19(15)29-23(16-7-9-26-10-8-16)27-28-24(29)33-14-20(30)17-5-6-21-22(13-17)32-12-11-31-21/h2-10,13H,11-12,14H2,1H3. The van der Waals surface area contributed by atoms with Gasteiger partial charge in [-0.05, 0) is 55.0 Å². The van der Waals surface area contributed by atoms with E-state index in [-0.39, 0.29) is 11.5 Å². The lowest BCUT2D eigenvalue weighted by molar-refractivity contribution is 0.102. The number of halogens is 1. The zero-order valence-corrected chi connectivity index (χ0v) is 19.3. The molecule has 0 radical (unpaired) electrons. The summed E-state index contributed by atoms with van der Waals surface area (Å²) in [5.74, 6) is 2.04. The number of ether oxygens (including phenoxy) is 2. The second-order valence-corrected chi connectivity index (χ2v) is 8.68. The van der Waals surface area contributed by atoms with Crippen molar-refractivity contribution in [2.45, 2.75) is 12.1 Å². The highest BCUT2D eigenvalue weighted by molar-refractivity contribution is 7.99. The molecule has 0 N–H and O–H groups in total. The first kappa shape index (κ1) is 21.5. The van der Waals surface area contributed by atoms with Gasteiger partial charge in [-0.3, -0.25) is 14.3 Å². The number of carbonyl (C=O) groups is 1. The summed E-state index contributed by atoms with van der Waals surface area (Å²) in [7, 11) is 0. The fourth-order valence-electron chi connectivity index (χ4n) is 3.54. The first-order valence-corrected chi connectivity index (χ1v) is 11.6. The van der Waals surface area contributed by atoms with Crippen molar-refractivity contribution in [1.29, 1.82) is 0 Å². The summed E-state index contributed by atoms with van der Waals surface area (Å²) in [6.07, 6.45) is 3.41. The molecule has 33 heavy (non-hydrogen) atoms. The van der Waals surface area contributed by atoms with Gasteiger partial charge in [-0.1, -0.05) is 29.4 Å². The molecule has 2 aromatic carbocycles. The maximum absolute atomic E-state index is 12.9. The minimum atomic E-state index is -0.0419. The highest BCUT2D eigenvalue weighted by Gasteiger charge is 2.20. The molecule has 0 unspecified atom stereocenters. The predicted molar refractivity (Wildman–Crippen MR) is 127 cm³/mol. The average Bonchev–Trinajstić information content (AvgIpc) is 3.28. The third kappa shape index (κ3) is 4.31. The van der Waals surface area contributed by atoms with Gasteiger partial charge in [0.1, 0.15) is 13.2 Å². The van der Waals surface area contributed by atoms with Crippen LogP contribution < -0.4 is 9.47 Å². The zero-order chi connectivity index (χ0) is 22.8. The number of thioether (sulfide) groups is 1. The van der Waals surface area contributed by atoms with Crippen LogP contribution in [-0.2, 0) is 0 Å². The summed E-state index contributed by atoms with van der Waals surface area (Å²) < 4.78 is 13.1. The maximum atomic E-state index is 12.9. The molecule has 9 heteroatoms. The lowest BCUT2D eigenvalue weighted by Gasteiger charge is -2.18. The number of carbonyl (C=O) groups excluding carboxylic acids is 1. The Balaban J connectivity index is 1.47. The first-order valence-electron chi connectivity index (χ1n) is 10.3. The van der Waals surface area contributed by atoms with Crippen LogP contribution >= 0.6 is 23.4 Å². The van der Waals surface area contributed by atoms with Crippen LogP contribution in [0.2, 0.25) is 5.02 Å². The van der Waals surface area contributed by atoms with Crippen molar-refractivity contribution < 1.29 is 14.3 Å². The molecule has 1 aliphatic rings. The van der Waals surface area contributed by atoms with Crippen molar-refractivity contribution in [2.75, 3.05) is 19.0 Å². The van der Waals surface area contributed by atoms with Crippen LogP contribution in [0.15, 0.2) is 66.1 Å². The number of rotatable bonds is 6. The van der Waals surface area contributed by atoms with E-state index in [1.54, 1.807) is 30.6 Å². The quantitative estimate of drug-likeness (QED) is 0.284. The van der Waals surface area contributed by atoms with Crippen LogP contribution in [-0.4, -0.2) is 44.5 Å². The number of ketones is 1. The number of fused-ring (bicyclic) bond motifs is 1. The zero-order valence-electron chi connectivity index (χ0n) is 17.7. The van der Waals surface area contributed by atoms with Gasteiger partial charge in [0.15, 0.2) is 28.3 Å². The van der Waals surface area contributed by atoms with Crippen LogP contribution in [0, 0.1) is 6.92 Å². The molecular weight excluding hydrogens is 460 g/mol. The van der Waals surface area contributed by atoms with Crippen molar-refractivity contribution in [3.8, 4) is 28.6 Å². The van der Waals surface area contributed by atoms with E-state index in [1.807, 2.05) is 41.8 Å². The van der Waals surface area contributed by atoms with E-state index in [0.29, 0.717) is 46.3 Å². The van der Waals surface area contributed by atoms with Crippen LogP contribution in [0.25, 0.3) is 17.1 Å². The van der Waals surface area contributed by atoms with Gasteiger partial charge in [0.25, 0.3) is 0 Å². The Morgan fingerprint density at radius 1 is 1.06 bits per heavy atom. The molecule has 0 saturated heterocycles. The Labute approximate surface area is 199 Å². The number of hydrogen-bond acceptors (Lipinski definition) is 7. The molecule has 0 spiro atoms. The molecule has 4 aromatic rings. The van der Waals surface area contributed by atoms with Crippen molar-refractivity contribution in [3.63, 3.8) is 0 Å². The van der Waals surface area contributed by atoms with Gasteiger partial charge in [-0.2, -0.15) is 0 Å². The van der Waals surface area contributed by atoms with Gasteiger partial charge in [-0.25, -0.2) is 0 Å². The number of Topliss-reactive ketones (excluding diaryl/α,β-unsaturated/α-hetero) is 1. The van der Waals surface area contributed by atoms with Crippen molar-refractivity contribution in [1.82, 2.24) is 19.7 Å². The predicted octanol–water partition coefficient (Wildman–Crippen LogP) is 5.04. The lowest BCUT2D eigenvalue weighted by Crippen LogP contribution is -2.16. The van der Waals surface area contributed by atoms with Crippen LogP contribution in [0.3, 0.4) is 0 Å². The van der Waals surface area contributed by atoms with E-state index in [1.165, 1.54) is 11.8 Å². The summed E-state index contributed by atoms with van der Waals surface area (Å²) in [5, 5.41) is 10.0. The summed E-state index contributed by atoms with van der Waals surface area (Å²) in [5.41, 5.74) is 3.18. The summed E-state index contributed by atoms with van der Waals surface area (Å²) >= 11 is 7.72. The van der Waals surface area contributed by atoms with E-state index in [2.05, 4.69) is 15.2 Å². The van der Waals surface area contributed by atoms with Gasteiger partial charge in [0.05, 0.1) is 11.4 Å². The summed E-state index contributed by atoms with van der Waals surface area (Å²) in [6.45, 7) is 2.93. The largest absolute Gasteiger partial charge is 0.486 e. The molecule has 3 heterocycles. The van der Waals surface area contributed by atoms with Gasteiger partial charge in [-0.15, -0.1) is 10.2 Å². The number of aromatic nitrogens is 4. The molecule has 0 saturated carbocycles. The number of pyridine rings is 1. The van der Waals surface area contributed by atoms with Gasteiger partial charge >= 0.3 is 0 Å². The SMILES string of the molecule is Cc1c(Cl)cccc1-n1c(SCC(=O)c2ccc3c(c2)OCCO3)nnc1-c1ccncc1. The first-order chi connectivity index (χ1) is 16.1. The van der Waals surface area contributed by atoms with E-state index >= 15 is 0 Å². The second-order valence-electron chi connectivity index (χ2n) is 7.33. The molecule has 0 aliphatic carbocycles. The molecule has 0 fully saturated rings. The monoisotopic (exact) mass is 478 g/mol. The van der Waals surface area contributed by atoms with E-state index in [0.717, 1.165) is 16.8 Å². The smallest absolute Gasteiger partial charge is 0.196 e. The topological polar surface area (TPSA) is 79.1 Å². The summed E-state index contributed by atoms with van der Waals surface area (Å²) in [4.78, 5) is 17.0. The highest BCUT2D eigenvalue weighted by Crippen LogP contribution is 2.33. The van der Waals surface area contributed by atoms with Gasteiger partial charge in [0, 0.05) is 28.5 Å². The fraction of sp³-hybridized carbons (Fsp3) is 0.167. The molecular formula is C24H19ClN4O3S.